The van der Waals surface area contributed by atoms with Crippen molar-refractivity contribution in [3.05, 3.63) is 54.5 Å². The summed E-state index contributed by atoms with van der Waals surface area (Å²) in [4.78, 5) is 16.8. The molecule has 3 rings (SSSR count). The van der Waals surface area contributed by atoms with Gasteiger partial charge in [-0.2, -0.15) is 5.10 Å². The van der Waals surface area contributed by atoms with Crippen LogP contribution in [0.25, 0.3) is 5.65 Å². The van der Waals surface area contributed by atoms with Gasteiger partial charge in [0.2, 0.25) is 0 Å². The quantitative estimate of drug-likeness (QED) is 0.583. The number of aliphatic imine (C=N–C) groups is 1. The third-order valence-electron chi connectivity index (χ3n) is 3.87. The minimum absolute atomic E-state index is 0.541. The van der Waals surface area contributed by atoms with Gasteiger partial charge in [-0.1, -0.05) is 12.1 Å². The molecule has 0 bridgehead atoms. The van der Waals surface area contributed by atoms with Gasteiger partial charge in [-0.25, -0.2) is 14.3 Å². The number of imidazole rings is 1. The summed E-state index contributed by atoms with van der Waals surface area (Å²) in [5.41, 5.74) is 2.33. The van der Waals surface area contributed by atoms with Crippen LogP contribution in [0.2, 0.25) is 0 Å². The molecule has 2 aromatic heterocycles. The van der Waals surface area contributed by atoms with E-state index in [1.807, 2.05) is 68.0 Å². The van der Waals surface area contributed by atoms with Crippen LogP contribution in [0.4, 0.5) is 10.5 Å². The van der Waals surface area contributed by atoms with Gasteiger partial charge in [0.15, 0.2) is 0 Å². The number of hydrogen-bond donors (Lipinski definition) is 1. The zero-order valence-corrected chi connectivity index (χ0v) is 14.5. The first-order valence-corrected chi connectivity index (χ1v) is 7.98. The Morgan fingerprint density at radius 2 is 1.96 bits per heavy atom. The molecule has 1 N–H and O–H groups in total. The molecular formula is C18H21N5O2. The summed E-state index contributed by atoms with van der Waals surface area (Å²) in [5, 5.41) is 13.5. The van der Waals surface area contributed by atoms with Crippen LogP contribution in [0.5, 0.6) is 0 Å². The lowest BCUT2D eigenvalue weighted by Crippen LogP contribution is -2.43. The average Bonchev–Trinajstić information content (AvgIpc) is 3.12. The zero-order chi connectivity index (χ0) is 18.0. The number of amides is 1. The highest BCUT2D eigenvalue weighted by atomic mass is 16.4. The van der Waals surface area contributed by atoms with Crippen molar-refractivity contribution >= 4 is 23.8 Å². The molecule has 2 heterocycles. The van der Waals surface area contributed by atoms with Crippen molar-refractivity contribution in [2.45, 2.75) is 32.9 Å². The van der Waals surface area contributed by atoms with Crippen LogP contribution >= 0.6 is 0 Å². The number of benzene rings is 1. The highest BCUT2D eigenvalue weighted by Gasteiger charge is 2.24. The van der Waals surface area contributed by atoms with Crippen LogP contribution in [-0.4, -0.2) is 42.2 Å². The number of rotatable bonds is 4. The third kappa shape index (κ3) is 3.71. The molecule has 0 radical (unpaired) electrons. The number of carboxylic acid groups (broad SMARTS) is 1. The van der Waals surface area contributed by atoms with Crippen molar-refractivity contribution in [1.82, 2.24) is 19.1 Å². The van der Waals surface area contributed by atoms with Gasteiger partial charge >= 0.3 is 6.09 Å². The monoisotopic (exact) mass is 339 g/mol. The fourth-order valence-corrected chi connectivity index (χ4v) is 2.52. The van der Waals surface area contributed by atoms with Crippen molar-refractivity contribution in [1.29, 1.82) is 0 Å². The van der Waals surface area contributed by atoms with Crippen molar-refractivity contribution < 1.29 is 9.90 Å². The maximum Gasteiger partial charge on any atom is 0.413 e. The van der Waals surface area contributed by atoms with Crippen molar-refractivity contribution in [3.8, 4) is 0 Å². The summed E-state index contributed by atoms with van der Waals surface area (Å²) in [6.45, 7) is 6.20. The number of aromatic nitrogens is 3. The summed E-state index contributed by atoms with van der Waals surface area (Å²) in [5.74, 6) is 0. The Balaban J connectivity index is 1.73. The molecular weight excluding hydrogens is 318 g/mol. The molecule has 0 saturated heterocycles. The van der Waals surface area contributed by atoms with E-state index in [0.717, 1.165) is 17.8 Å². The maximum atomic E-state index is 11.3. The Labute approximate surface area is 145 Å². The first kappa shape index (κ1) is 16.8. The normalized spacial score (nSPS) is 12.1. The van der Waals surface area contributed by atoms with Crippen molar-refractivity contribution in [2.24, 2.45) is 4.99 Å². The first-order valence-electron chi connectivity index (χ1n) is 7.98. The standard InChI is InChI=1S/C18H21N5O2/c1-18(2,3)22(17(24)25)13-19-15-6-4-14(5-7-15)12-21-10-11-23-16(21)8-9-20-23/h4-11,13H,12H2,1-3H3,(H,24,25). The van der Waals surface area contributed by atoms with Crippen molar-refractivity contribution in [2.75, 3.05) is 0 Å². The van der Waals surface area contributed by atoms with Gasteiger partial charge in [-0.15, -0.1) is 0 Å². The smallest absolute Gasteiger partial charge is 0.413 e. The Kier molecular flexibility index (Phi) is 4.31. The lowest BCUT2D eigenvalue weighted by atomic mass is 10.1. The highest BCUT2D eigenvalue weighted by Crippen LogP contribution is 2.17. The van der Waals surface area contributed by atoms with E-state index in [-0.39, 0.29) is 0 Å². The van der Waals surface area contributed by atoms with Gasteiger partial charge in [0.1, 0.15) is 12.0 Å². The maximum absolute atomic E-state index is 11.3. The molecule has 0 aliphatic rings. The number of carbonyl (C=O) groups is 1. The largest absolute Gasteiger partial charge is 0.465 e. The van der Waals surface area contributed by atoms with E-state index in [1.54, 1.807) is 6.20 Å². The van der Waals surface area contributed by atoms with E-state index in [9.17, 15) is 9.90 Å². The summed E-state index contributed by atoms with van der Waals surface area (Å²) in [6.07, 6.45) is 6.01. The minimum Gasteiger partial charge on any atom is -0.465 e. The Hall–Kier alpha value is -3.09. The SMILES string of the molecule is CC(C)(C)N(C=Nc1ccc(Cn2ccn3nccc23)cc1)C(=O)O. The molecule has 0 fully saturated rings. The van der Waals surface area contributed by atoms with Gasteiger partial charge in [0.05, 0.1) is 11.9 Å². The first-order chi connectivity index (χ1) is 11.8. The molecule has 3 aromatic rings. The van der Waals surface area contributed by atoms with Gasteiger partial charge in [-0.3, -0.25) is 4.90 Å². The second-order valence-corrected chi connectivity index (χ2v) is 6.79. The molecule has 25 heavy (non-hydrogen) atoms. The van der Waals surface area contributed by atoms with Crippen LogP contribution in [0.15, 0.2) is 53.9 Å². The van der Waals surface area contributed by atoms with E-state index >= 15 is 0 Å². The second-order valence-electron chi connectivity index (χ2n) is 6.79. The number of hydrogen-bond acceptors (Lipinski definition) is 3. The summed E-state index contributed by atoms with van der Waals surface area (Å²) in [6, 6.07) is 9.70. The van der Waals surface area contributed by atoms with Crippen LogP contribution < -0.4 is 0 Å². The van der Waals surface area contributed by atoms with E-state index in [2.05, 4.69) is 14.7 Å². The minimum atomic E-state index is -1.02. The molecule has 0 unspecified atom stereocenters. The highest BCUT2D eigenvalue weighted by molar-refractivity contribution is 5.83. The molecule has 7 heteroatoms. The molecule has 1 amide bonds. The predicted molar refractivity (Wildman–Crippen MR) is 96.5 cm³/mol. The van der Waals surface area contributed by atoms with Crippen LogP contribution in [0, 0.1) is 0 Å². The molecule has 0 saturated carbocycles. The van der Waals surface area contributed by atoms with Crippen LogP contribution in [0.1, 0.15) is 26.3 Å². The molecule has 0 atom stereocenters. The lowest BCUT2D eigenvalue weighted by Gasteiger charge is -2.28. The molecule has 0 aliphatic carbocycles. The van der Waals surface area contributed by atoms with Crippen LogP contribution in [0.3, 0.4) is 0 Å². The van der Waals surface area contributed by atoms with Gasteiger partial charge < -0.3 is 9.67 Å². The third-order valence-corrected chi connectivity index (χ3v) is 3.87. The van der Waals surface area contributed by atoms with E-state index in [1.165, 1.54) is 11.2 Å². The molecule has 0 spiro atoms. The topological polar surface area (TPSA) is 75.1 Å². The number of nitrogens with zero attached hydrogens (tertiary/aromatic N) is 5. The summed E-state index contributed by atoms with van der Waals surface area (Å²) < 4.78 is 3.93. The van der Waals surface area contributed by atoms with E-state index in [4.69, 9.17) is 0 Å². The van der Waals surface area contributed by atoms with Gasteiger partial charge in [-0.05, 0) is 38.5 Å². The van der Waals surface area contributed by atoms with Gasteiger partial charge in [0.25, 0.3) is 0 Å². The van der Waals surface area contributed by atoms with E-state index < -0.39 is 11.6 Å². The predicted octanol–water partition coefficient (Wildman–Crippen LogP) is 3.62. The zero-order valence-electron chi connectivity index (χ0n) is 14.5. The van der Waals surface area contributed by atoms with Crippen LogP contribution in [-0.2, 0) is 6.54 Å². The fraction of sp³-hybridized carbons (Fsp3) is 0.278. The molecule has 1 aromatic carbocycles. The fourth-order valence-electron chi connectivity index (χ4n) is 2.52. The summed E-state index contributed by atoms with van der Waals surface area (Å²) >= 11 is 0. The average molecular weight is 339 g/mol. The molecule has 130 valence electrons. The Bertz CT molecular complexity index is 900. The van der Waals surface area contributed by atoms with Gasteiger partial charge in [0, 0.05) is 30.5 Å². The number of fused-ring (bicyclic) bond motifs is 1. The molecule has 0 aliphatic heterocycles. The second kappa shape index (κ2) is 6.43. The Morgan fingerprint density at radius 3 is 2.60 bits per heavy atom. The Morgan fingerprint density at radius 1 is 1.24 bits per heavy atom. The van der Waals surface area contributed by atoms with Crippen molar-refractivity contribution in [3.63, 3.8) is 0 Å². The summed E-state index contributed by atoms with van der Waals surface area (Å²) in [7, 11) is 0. The van der Waals surface area contributed by atoms with E-state index in [0.29, 0.717) is 5.69 Å². The molecule has 7 nitrogen and oxygen atoms in total. The lowest BCUT2D eigenvalue weighted by molar-refractivity contribution is 0.143.